The van der Waals surface area contributed by atoms with Gasteiger partial charge in [-0.15, -0.1) is 0 Å². The molecule has 0 fully saturated rings. The van der Waals surface area contributed by atoms with Crippen LogP contribution in [-0.4, -0.2) is 13.6 Å². The van der Waals surface area contributed by atoms with E-state index in [1.807, 2.05) is 0 Å². The number of halogens is 1. The summed E-state index contributed by atoms with van der Waals surface area (Å²) in [5, 5.41) is 4.26. The van der Waals surface area contributed by atoms with Gasteiger partial charge in [0, 0.05) is 17.6 Å². The molecule has 1 aromatic carbocycles. The van der Waals surface area contributed by atoms with Gasteiger partial charge in [0.05, 0.1) is 5.69 Å². The SMILES string of the molecule is Cc1cc(CS(=O)(=O)NCc2ccc(Cl)cc2)on1. The van der Waals surface area contributed by atoms with E-state index in [1.54, 1.807) is 37.3 Å². The van der Waals surface area contributed by atoms with Crippen molar-refractivity contribution in [3.8, 4) is 0 Å². The number of benzene rings is 1. The molecule has 19 heavy (non-hydrogen) atoms. The van der Waals surface area contributed by atoms with Crippen molar-refractivity contribution in [2.45, 2.75) is 19.2 Å². The highest BCUT2D eigenvalue weighted by molar-refractivity contribution is 7.88. The van der Waals surface area contributed by atoms with E-state index >= 15 is 0 Å². The lowest BCUT2D eigenvalue weighted by Crippen LogP contribution is -2.24. The molecule has 0 atom stereocenters. The third kappa shape index (κ3) is 4.34. The summed E-state index contributed by atoms with van der Waals surface area (Å²) >= 11 is 5.75. The topological polar surface area (TPSA) is 72.2 Å². The average molecular weight is 301 g/mol. The highest BCUT2D eigenvalue weighted by Crippen LogP contribution is 2.10. The summed E-state index contributed by atoms with van der Waals surface area (Å²) in [7, 11) is -3.45. The number of nitrogens with zero attached hydrogens (tertiary/aromatic N) is 1. The summed E-state index contributed by atoms with van der Waals surface area (Å²) in [6.07, 6.45) is 0. The van der Waals surface area contributed by atoms with E-state index in [-0.39, 0.29) is 12.3 Å². The van der Waals surface area contributed by atoms with E-state index < -0.39 is 10.0 Å². The molecule has 1 aromatic heterocycles. The van der Waals surface area contributed by atoms with Crippen molar-refractivity contribution >= 4 is 21.6 Å². The zero-order chi connectivity index (χ0) is 13.9. The number of aryl methyl sites for hydroxylation is 1. The number of hydrogen-bond donors (Lipinski definition) is 1. The summed E-state index contributed by atoms with van der Waals surface area (Å²) in [4.78, 5) is 0. The lowest BCUT2D eigenvalue weighted by Gasteiger charge is -2.05. The van der Waals surface area contributed by atoms with E-state index in [0.717, 1.165) is 5.56 Å². The molecule has 1 heterocycles. The molecule has 102 valence electrons. The minimum Gasteiger partial charge on any atom is -0.360 e. The molecule has 0 radical (unpaired) electrons. The van der Waals surface area contributed by atoms with Gasteiger partial charge in [0.15, 0.2) is 5.76 Å². The maximum absolute atomic E-state index is 11.8. The Morgan fingerprint density at radius 2 is 2.00 bits per heavy atom. The van der Waals surface area contributed by atoms with E-state index in [2.05, 4.69) is 9.88 Å². The van der Waals surface area contributed by atoms with Gasteiger partial charge in [-0.3, -0.25) is 0 Å². The first kappa shape index (κ1) is 14.0. The summed E-state index contributed by atoms with van der Waals surface area (Å²) in [5.74, 6) is 0.0997. The van der Waals surface area contributed by atoms with E-state index in [9.17, 15) is 8.42 Å². The van der Waals surface area contributed by atoms with E-state index in [4.69, 9.17) is 16.1 Å². The van der Waals surface area contributed by atoms with Crippen molar-refractivity contribution < 1.29 is 12.9 Å². The second-order valence-corrected chi connectivity index (χ2v) is 6.38. The smallest absolute Gasteiger partial charge is 0.219 e. The van der Waals surface area contributed by atoms with Gasteiger partial charge in [-0.25, -0.2) is 13.1 Å². The molecule has 0 spiro atoms. The Morgan fingerprint density at radius 3 is 2.58 bits per heavy atom. The fraction of sp³-hybridized carbons (Fsp3) is 0.250. The molecule has 2 rings (SSSR count). The highest BCUT2D eigenvalue weighted by Gasteiger charge is 2.14. The number of aromatic nitrogens is 1. The van der Waals surface area contributed by atoms with Crippen molar-refractivity contribution in [3.05, 3.63) is 52.4 Å². The number of nitrogens with one attached hydrogen (secondary N) is 1. The second-order valence-electron chi connectivity index (χ2n) is 4.14. The minimum absolute atomic E-state index is 0.215. The van der Waals surface area contributed by atoms with Crippen LogP contribution in [0.4, 0.5) is 0 Å². The molecule has 1 N–H and O–H groups in total. The van der Waals surface area contributed by atoms with Gasteiger partial charge in [0.2, 0.25) is 10.0 Å². The van der Waals surface area contributed by atoms with Crippen LogP contribution in [0.15, 0.2) is 34.9 Å². The molecular weight excluding hydrogens is 288 g/mol. The number of sulfonamides is 1. The minimum atomic E-state index is -3.45. The third-order valence-electron chi connectivity index (χ3n) is 2.42. The molecule has 7 heteroatoms. The Kier molecular flexibility index (Phi) is 4.24. The molecule has 0 bridgehead atoms. The fourth-order valence-corrected chi connectivity index (χ4v) is 2.64. The Labute approximate surface area is 116 Å². The standard InChI is InChI=1S/C12H13ClN2O3S/c1-9-6-12(18-15-9)8-19(16,17)14-7-10-2-4-11(13)5-3-10/h2-6,14H,7-8H2,1H3. The fourth-order valence-electron chi connectivity index (χ4n) is 1.52. The predicted molar refractivity (Wildman–Crippen MR) is 72.2 cm³/mol. The van der Waals surface area contributed by atoms with Crippen LogP contribution in [0.3, 0.4) is 0 Å². The maximum atomic E-state index is 11.8. The normalized spacial score (nSPS) is 11.7. The first-order valence-electron chi connectivity index (χ1n) is 5.58. The van der Waals surface area contributed by atoms with Crippen molar-refractivity contribution in [1.29, 1.82) is 0 Å². The van der Waals surface area contributed by atoms with Gasteiger partial charge in [0.25, 0.3) is 0 Å². The van der Waals surface area contributed by atoms with E-state index in [1.165, 1.54) is 0 Å². The van der Waals surface area contributed by atoms with Gasteiger partial charge in [-0.2, -0.15) is 0 Å². The van der Waals surface area contributed by atoms with Crippen LogP contribution in [0.25, 0.3) is 0 Å². The highest BCUT2D eigenvalue weighted by atomic mass is 35.5. The molecule has 0 saturated carbocycles. The van der Waals surface area contributed by atoms with Gasteiger partial charge >= 0.3 is 0 Å². The second kappa shape index (κ2) is 5.73. The number of hydrogen-bond acceptors (Lipinski definition) is 4. The van der Waals surface area contributed by atoms with E-state index in [0.29, 0.717) is 16.5 Å². The van der Waals surface area contributed by atoms with Crippen LogP contribution >= 0.6 is 11.6 Å². The summed E-state index contributed by atoms with van der Waals surface area (Å²) in [6, 6.07) is 8.56. The molecular formula is C12H13ClN2O3S. The molecule has 5 nitrogen and oxygen atoms in total. The monoisotopic (exact) mass is 300 g/mol. The predicted octanol–water partition coefficient (Wildman–Crippen LogP) is 2.26. The van der Waals surface area contributed by atoms with Crippen molar-refractivity contribution in [2.24, 2.45) is 0 Å². The van der Waals surface area contributed by atoms with Crippen LogP contribution in [0.2, 0.25) is 5.02 Å². The average Bonchev–Trinajstić information content (AvgIpc) is 2.73. The molecule has 2 aromatic rings. The largest absolute Gasteiger partial charge is 0.360 e. The van der Waals surface area contributed by atoms with Gasteiger partial charge in [-0.1, -0.05) is 28.9 Å². The summed E-state index contributed by atoms with van der Waals surface area (Å²) in [6.45, 7) is 1.95. The van der Waals surface area contributed by atoms with Crippen LogP contribution in [-0.2, 0) is 22.3 Å². The molecule has 0 saturated heterocycles. The maximum Gasteiger partial charge on any atom is 0.219 e. The lowest BCUT2D eigenvalue weighted by molar-refractivity contribution is 0.388. The zero-order valence-corrected chi connectivity index (χ0v) is 11.8. The molecule has 0 aliphatic carbocycles. The third-order valence-corrected chi connectivity index (χ3v) is 3.92. The Hall–Kier alpha value is -1.37. The van der Waals surface area contributed by atoms with Gasteiger partial charge < -0.3 is 4.52 Å². The van der Waals surface area contributed by atoms with Crippen LogP contribution in [0.1, 0.15) is 17.0 Å². The summed E-state index contributed by atoms with van der Waals surface area (Å²) in [5.41, 5.74) is 1.49. The first-order chi connectivity index (χ1) is 8.94. The Morgan fingerprint density at radius 1 is 1.32 bits per heavy atom. The molecule has 0 unspecified atom stereocenters. The quantitative estimate of drug-likeness (QED) is 0.919. The number of rotatable bonds is 5. The molecule has 0 aliphatic rings. The zero-order valence-electron chi connectivity index (χ0n) is 10.3. The van der Waals surface area contributed by atoms with Crippen LogP contribution in [0.5, 0.6) is 0 Å². The van der Waals surface area contributed by atoms with Crippen LogP contribution < -0.4 is 4.72 Å². The lowest BCUT2D eigenvalue weighted by atomic mass is 10.2. The first-order valence-corrected chi connectivity index (χ1v) is 7.62. The Balaban J connectivity index is 1.96. The Bertz CT molecular complexity index is 650. The van der Waals surface area contributed by atoms with Crippen LogP contribution in [0, 0.1) is 6.92 Å². The molecule has 0 aliphatic heterocycles. The van der Waals surface area contributed by atoms with Crippen molar-refractivity contribution in [3.63, 3.8) is 0 Å². The van der Waals surface area contributed by atoms with Gasteiger partial charge in [-0.05, 0) is 24.6 Å². The summed E-state index contributed by atoms with van der Waals surface area (Å²) < 4.78 is 31.0. The van der Waals surface area contributed by atoms with Crippen molar-refractivity contribution in [1.82, 2.24) is 9.88 Å². The van der Waals surface area contributed by atoms with Crippen molar-refractivity contribution in [2.75, 3.05) is 0 Å². The molecule has 0 amide bonds. The van der Waals surface area contributed by atoms with Gasteiger partial charge in [0.1, 0.15) is 5.75 Å².